The van der Waals surface area contributed by atoms with Gasteiger partial charge in [0.1, 0.15) is 4.88 Å². The van der Waals surface area contributed by atoms with Gasteiger partial charge < -0.3 is 10.4 Å². The van der Waals surface area contributed by atoms with Gasteiger partial charge in [0.25, 0.3) is 5.91 Å². The van der Waals surface area contributed by atoms with Crippen LogP contribution >= 0.6 is 11.3 Å². The number of aliphatic hydroxyl groups excluding tert-OH is 1. The van der Waals surface area contributed by atoms with Gasteiger partial charge in [-0.2, -0.15) is 0 Å². The fourth-order valence-corrected chi connectivity index (χ4v) is 2.10. The molecule has 4 nitrogen and oxygen atoms in total. The number of nitrogens with zero attached hydrogens (tertiary/aromatic N) is 1. The van der Waals surface area contributed by atoms with Gasteiger partial charge >= 0.3 is 0 Å². The molecule has 0 aliphatic carbocycles. The zero-order valence-corrected chi connectivity index (χ0v) is 10.5. The van der Waals surface area contributed by atoms with E-state index in [9.17, 15) is 4.79 Å². The number of nitrogens with one attached hydrogen (secondary N) is 1. The minimum atomic E-state index is -0.0971. The molecule has 5 heteroatoms. The standard InChI is InChI=1S/C11H18N2O2S/c1-3-4-10-12-6-9(16-10)11(15)13-5-8(2)7-14/h6,8,14H,3-5,7H2,1-2H3,(H,13,15). The van der Waals surface area contributed by atoms with E-state index < -0.39 is 0 Å². The van der Waals surface area contributed by atoms with Crippen LogP contribution in [0.4, 0.5) is 0 Å². The number of thiazole rings is 1. The van der Waals surface area contributed by atoms with Crippen LogP contribution in [0.2, 0.25) is 0 Å². The predicted octanol–water partition coefficient (Wildman–Crippen LogP) is 1.45. The van der Waals surface area contributed by atoms with E-state index in [1.165, 1.54) is 11.3 Å². The van der Waals surface area contributed by atoms with Crippen molar-refractivity contribution in [3.05, 3.63) is 16.1 Å². The van der Waals surface area contributed by atoms with Crippen molar-refractivity contribution < 1.29 is 9.90 Å². The zero-order valence-electron chi connectivity index (χ0n) is 9.69. The van der Waals surface area contributed by atoms with Crippen molar-refractivity contribution in [2.75, 3.05) is 13.2 Å². The second-order valence-corrected chi connectivity index (χ2v) is 4.98. The monoisotopic (exact) mass is 242 g/mol. The SMILES string of the molecule is CCCc1ncc(C(=O)NCC(C)CO)s1. The third-order valence-corrected chi connectivity index (χ3v) is 3.22. The number of hydrogen-bond acceptors (Lipinski definition) is 4. The molecule has 1 aromatic rings. The van der Waals surface area contributed by atoms with Crippen molar-refractivity contribution in [3.8, 4) is 0 Å². The summed E-state index contributed by atoms with van der Waals surface area (Å²) >= 11 is 1.44. The van der Waals surface area contributed by atoms with Crippen molar-refractivity contribution in [2.24, 2.45) is 5.92 Å². The first-order valence-corrected chi connectivity index (χ1v) is 6.32. The average Bonchev–Trinajstić information content (AvgIpc) is 2.74. The molecule has 0 saturated carbocycles. The van der Waals surface area contributed by atoms with Crippen LogP contribution in [0, 0.1) is 5.92 Å². The lowest BCUT2D eigenvalue weighted by Gasteiger charge is -2.07. The first-order valence-electron chi connectivity index (χ1n) is 5.51. The molecule has 0 saturated heterocycles. The second kappa shape index (κ2) is 6.60. The summed E-state index contributed by atoms with van der Waals surface area (Å²) in [6, 6.07) is 0. The fraction of sp³-hybridized carbons (Fsp3) is 0.636. The Labute approximate surface area is 99.7 Å². The lowest BCUT2D eigenvalue weighted by atomic mass is 10.2. The van der Waals surface area contributed by atoms with E-state index in [0.717, 1.165) is 17.8 Å². The van der Waals surface area contributed by atoms with Crippen LogP contribution < -0.4 is 5.32 Å². The minimum absolute atomic E-state index is 0.0874. The lowest BCUT2D eigenvalue weighted by Crippen LogP contribution is -2.28. The smallest absolute Gasteiger partial charge is 0.263 e. The highest BCUT2D eigenvalue weighted by molar-refractivity contribution is 7.13. The number of hydrogen-bond donors (Lipinski definition) is 2. The Hall–Kier alpha value is -0.940. The molecule has 0 aromatic carbocycles. The van der Waals surface area contributed by atoms with Gasteiger partial charge in [-0.25, -0.2) is 4.98 Å². The molecule has 1 atom stereocenters. The first kappa shape index (κ1) is 13.1. The predicted molar refractivity (Wildman–Crippen MR) is 64.7 cm³/mol. The summed E-state index contributed by atoms with van der Waals surface area (Å²) in [5.41, 5.74) is 0. The van der Waals surface area contributed by atoms with E-state index in [-0.39, 0.29) is 18.4 Å². The summed E-state index contributed by atoms with van der Waals surface area (Å²) in [6.45, 7) is 4.56. The molecular formula is C11H18N2O2S. The van der Waals surface area contributed by atoms with Crippen LogP contribution in [-0.2, 0) is 6.42 Å². The molecular weight excluding hydrogens is 224 g/mol. The van der Waals surface area contributed by atoms with Gasteiger partial charge in [-0.1, -0.05) is 13.8 Å². The highest BCUT2D eigenvalue weighted by Gasteiger charge is 2.10. The van der Waals surface area contributed by atoms with Gasteiger partial charge in [-0.05, 0) is 18.8 Å². The Balaban J connectivity index is 2.46. The number of carbonyl (C=O) groups excluding carboxylic acids is 1. The van der Waals surface area contributed by atoms with Crippen LogP contribution in [0.15, 0.2) is 6.20 Å². The summed E-state index contributed by atoms with van der Waals surface area (Å²) in [5.74, 6) is -0.00728. The van der Waals surface area contributed by atoms with Crippen molar-refractivity contribution in [1.29, 1.82) is 0 Å². The van der Waals surface area contributed by atoms with Crippen molar-refractivity contribution in [3.63, 3.8) is 0 Å². The van der Waals surface area contributed by atoms with E-state index in [4.69, 9.17) is 5.11 Å². The maximum atomic E-state index is 11.7. The highest BCUT2D eigenvalue weighted by Crippen LogP contribution is 2.14. The molecule has 90 valence electrons. The van der Waals surface area contributed by atoms with Crippen molar-refractivity contribution >= 4 is 17.2 Å². The van der Waals surface area contributed by atoms with E-state index in [1.54, 1.807) is 6.20 Å². The summed E-state index contributed by atoms with van der Waals surface area (Å²) in [6.07, 6.45) is 3.58. The van der Waals surface area contributed by atoms with E-state index in [0.29, 0.717) is 11.4 Å². The minimum Gasteiger partial charge on any atom is -0.396 e. The van der Waals surface area contributed by atoms with E-state index in [1.807, 2.05) is 6.92 Å². The lowest BCUT2D eigenvalue weighted by molar-refractivity contribution is 0.0946. The topological polar surface area (TPSA) is 62.2 Å². The third kappa shape index (κ3) is 3.90. The summed E-state index contributed by atoms with van der Waals surface area (Å²) < 4.78 is 0. The Kier molecular flexibility index (Phi) is 5.42. The molecule has 1 rings (SSSR count). The quantitative estimate of drug-likeness (QED) is 0.793. The maximum absolute atomic E-state index is 11.7. The Morgan fingerprint density at radius 1 is 1.69 bits per heavy atom. The first-order chi connectivity index (χ1) is 7.67. The number of aliphatic hydroxyl groups is 1. The van der Waals surface area contributed by atoms with E-state index in [2.05, 4.69) is 17.2 Å². The van der Waals surface area contributed by atoms with Gasteiger partial charge in [0, 0.05) is 13.2 Å². The van der Waals surface area contributed by atoms with Gasteiger partial charge in [0.15, 0.2) is 0 Å². The summed E-state index contributed by atoms with van der Waals surface area (Å²) in [5, 5.41) is 12.6. The van der Waals surface area contributed by atoms with Gasteiger partial charge in [0.05, 0.1) is 11.2 Å². The molecule has 0 aliphatic heterocycles. The van der Waals surface area contributed by atoms with Crippen LogP contribution in [0.5, 0.6) is 0 Å². The molecule has 16 heavy (non-hydrogen) atoms. The number of aromatic nitrogens is 1. The molecule has 0 spiro atoms. The number of aryl methyl sites for hydroxylation is 1. The molecule has 1 amide bonds. The third-order valence-electron chi connectivity index (χ3n) is 2.16. The van der Waals surface area contributed by atoms with E-state index >= 15 is 0 Å². The summed E-state index contributed by atoms with van der Waals surface area (Å²) in [7, 11) is 0. The fourth-order valence-electron chi connectivity index (χ4n) is 1.16. The van der Waals surface area contributed by atoms with Gasteiger partial charge in [0.2, 0.25) is 0 Å². The Bertz CT molecular complexity index is 338. The number of carbonyl (C=O) groups is 1. The maximum Gasteiger partial charge on any atom is 0.263 e. The average molecular weight is 242 g/mol. The molecule has 2 N–H and O–H groups in total. The molecule has 1 unspecified atom stereocenters. The normalized spacial score (nSPS) is 12.4. The van der Waals surface area contributed by atoms with Crippen LogP contribution in [0.25, 0.3) is 0 Å². The Morgan fingerprint density at radius 3 is 3.06 bits per heavy atom. The molecule has 1 aromatic heterocycles. The highest BCUT2D eigenvalue weighted by atomic mass is 32.1. The molecule has 0 aliphatic rings. The van der Waals surface area contributed by atoms with Crippen LogP contribution in [0.3, 0.4) is 0 Å². The number of amides is 1. The molecule has 1 heterocycles. The zero-order chi connectivity index (χ0) is 12.0. The van der Waals surface area contributed by atoms with Crippen molar-refractivity contribution in [2.45, 2.75) is 26.7 Å². The molecule has 0 fully saturated rings. The largest absolute Gasteiger partial charge is 0.396 e. The van der Waals surface area contributed by atoms with Crippen LogP contribution in [0.1, 0.15) is 34.9 Å². The molecule has 0 radical (unpaired) electrons. The Morgan fingerprint density at radius 2 is 2.44 bits per heavy atom. The number of rotatable bonds is 6. The molecule has 0 bridgehead atoms. The summed E-state index contributed by atoms with van der Waals surface area (Å²) in [4.78, 5) is 16.5. The van der Waals surface area contributed by atoms with Gasteiger partial charge in [-0.3, -0.25) is 4.79 Å². The second-order valence-electron chi connectivity index (χ2n) is 3.87. The van der Waals surface area contributed by atoms with Gasteiger partial charge in [-0.15, -0.1) is 11.3 Å². The van der Waals surface area contributed by atoms with Crippen molar-refractivity contribution in [1.82, 2.24) is 10.3 Å². The van der Waals surface area contributed by atoms with Crippen LogP contribution in [-0.4, -0.2) is 29.1 Å².